The lowest BCUT2D eigenvalue weighted by atomic mass is 9.83. The van der Waals surface area contributed by atoms with E-state index in [1.807, 2.05) is 0 Å². The first-order valence-electron chi connectivity index (χ1n) is 8.56. The molecule has 1 aromatic heterocycles. The molecule has 1 aromatic rings. The SMILES string of the molecule is CCN1CCCC(CNc2nc(C)cc(C3CCC3)n2)C1. The Morgan fingerprint density at radius 3 is 2.81 bits per heavy atom. The van der Waals surface area contributed by atoms with Crippen LogP contribution in [0, 0.1) is 12.8 Å². The highest BCUT2D eigenvalue weighted by atomic mass is 15.1. The van der Waals surface area contributed by atoms with Crippen LogP contribution >= 0.6 is 0 Å². The molecular formula is C17H28N4. The first-order chi connectivity index (χ1) is 10.2. The van der Waals surface area contributed by atoms with E-state index in [2.05, 4.69) is 35.1 Å². The van der Waals surface area contributed by atoms with Crippen molar-refractivity contribution in [1.82, 2.24) is 14.9 Å². The van der Waals surface area contributed by atoms with E-state index < -0.39 is 0 Å². The van der Waals surface area contributed by atoms with Crippen molar-refractivity contribution in [3.05, 3.63) is 17.5 Å². The minimum absolute atomic E-state index is 0.678. The molecular weight excluding hydrogens is 260 g/mol. The summed E-state index contributed by atoms with van der Waals surface area (Å²) in [5.41, 5.74) is 2.34. The molecule has 4 heteroatoms. The molecule has 3 rings (SSSR count). The lowest BCUT2D eigenvalue weighted by molar-refractivity contribution is 0.189. The topological polar surface area (TPSA) is 41.0 Å². The number of nitrogens with zero attached hydrogens (tertiary/aromatic N) is 3. The van der Waals surface area contributed by atoms with E-state index in [0.29, 0.717) is 5.92 Å². The maximum Gasteiger partial charge on any atom is 0.223 e. The number of anilines is 1. The number of hydrogen-bond acceptors (Lipinski definition) is 4. The highest BCUT2D eigenvalue weighted by molar-refractivity contribution is 5.30. The second kappa shape index (κ2) is 6.73. The molecule has 0 spiro atoms. The normalized spacial score (nSPS) is 23.8. The van der Waals surface area contributed by atoms with E-state index in [1.54, 1.807) is 0 Å². The van der Waals surface area contributed by atoms with E-state index in [0.717, 1.165) is 24.1 Å². The van der Waals surface area contributed by atoms with Crippen LogP contribution in [0.3, 0.4) is 0 Å². The molecule has 2 heterocycles. The number of nitrogens with one attached hydrogen (secondary N) is 1. The van der Waals surface area contributed by atoms with Crippen LogP contribution in [0.15, 0.2) is 6.07 Å². The van der Waals surface area contributed by atoms with Crippen LogP contribution in [-0.2, 0) is 0 Å². The number of likely N-dealkylation sites (tertiary alicyclic amines) is 1. The third-order valence-corrected chi connectivity index (χ3v) is 5.00. The molecule has 2 aliphatic rings. The van der Waals surface area contributed by atoms with E-state index in [1.165, 1.54) is 57.4 Å². The van der Waals surface area contributed by atoms with Crippen molar-refractivity contribution in [2.24, 2.45) is 5.92 Å². The molecule has 21 heavy (non-hydrogen) atoms. The summed E-state index contributed by atoms with van der Waals surface area (Å²) in [5, 5.41) is 3.49. The fourth-order valence-electron chi connectivity index (χ4n) is 3.43. The van der Waals surface area contributed by atoms with Crippen molar-refractivity contribution in [2.45, 2.75) is 51.9 Å². The van der Waals surface area contributed by atoms with Crippen molar-refractivity contribution in [1.29, 1.82) is 0 Å². The van der Waals surface area contributed by atoms with Gasteiger partial charge in [-0.1, -0.05) is 13.3 Å². The number of hydrogen-bond donors (Lipinski definition) is 1. The molecule has 0 aromatic carbocycles. The summed E-state index contributed by atoms with van der Waals surface area (Å²) >= 11 is 0. The Balaban J connectivity index is 1.58. The smallest absolute Gasteiger partial charge is 0.223 e. The van der Waals surface area contributed by atoms with Crippen LogP contribution in [0.25, 0.3) is 0 Å². The molecule has 1 saturated heterocycles. The molecule has 0 amide bonds. The summed E-state index contributed by atoms with van der Waals surface area (Å²) in [4.78, 5) is 11.9. The quantitative estimate of drug-likeness (QED) is 0.903. The average molecular weight is 288 g/mol. The van der Waals surface area contributed by atoms with Gasteiger partial charge in [0.2, 0.25) is 5.95 Å². The first kappa shape index (κ1) is 14.8. The highest BCUT2D eigenvalue weighted by Crippen LogP contribution is 2.35. The molecule has 116 valence electrons. The zero-order valence-electron chi connectivity index (χ0n) is 13.4. The summed E-state index contributed by atoms with van der Waals surface area (Å²) in [6, 6.07) is 2.16. The van der Waals surface area contributed by atoms with Gasteiger partial charge in [0.25, 0.3) is 0 Å². The van der Waals surface area contributed by atoms with Gasteiger partial charge in [0.05, 0.1) is 0 Å². The second-order valence-corrected chi connectivity index (χ2v) is 6.67. The van der Waals surface area contributed by atoms with Crippen LogP contribution < -0.4 is 5.32 Å². The summed E-state index contributed by atoms with van der Waals surface area (Å²) < 4.78 is 0. The maximum atomic E-state index is 4.74. The van der Waals surface area contributed by atoms with Crippen LogP contribution in [0.4, 0.5) is 5.95 Å². The van der Waals surface area contributed by atoms with Gasteiger partial charge in [-0.3, -0.25) is 0 Å². The largest absolute Gasteiger partial charge is 0.354 e. The number of piperidine rings is 1. The predicted octanol–water partition coefficient (Wildman–Crippen LogP) is 3.20. The molecule has 0 radical (unpaired) electrons. The molecule has 2 fully saturated rings. The first-order valence-corrected chi connectivity index (χ1v) is 8.56. The Hall–Kier alpha value is -1.16. The van der Waals surface area contributed by atoms with Crippen molar-refractivity contribution < 1.29 is 0 Å². The Morgan fingerprint density at radius 1 is 1.24 bits per heavy atom. The molecule has 1 atom stereocenters. The van der Waals surface area contributed by atoms with Gasteiger partial charge in [0.1, 0.15) is 0 Å². The van der Waals surface area contributed by atoms with Gasteiger partial charge in [0, 0.05) is 30.4 Å². The highest BCUT2D eigenvalue weighted by Gasteiger charge is 2.22. The molecule has 0 bridgehead atoms. The Labute approximate surface area is 128 Å². The minimum Gasteiger partial charge on any atom is -0.354 e. The third-order valence-electron chi connectivity index (χ3n) is 5.00. The summed E-state index contributed by atoms with van der Waals surface area (Å²) in [5.74, 6) is 2.25. The molecule has 1 unspecified atom stereocenters. The van der Waals surface area contributed by atoms with Gasteiger partial charge in [-0.2, -0.15) is 0 Å². The summed E-state index contributed by atoms with van der Waals surface area (Å²) in [7, 11) is 0. The van der Waals surface area contributed by atoms with Crippen LogP contribution in [-0.4, -0.2) is 41.0 Å². The third kappa shape index (κ3) is 3.73. The van der Waals surface area contributed by atoms with Gasteiger partial charge >= 0.3 is 0 Å². The molecule has 1 saturated carbocycles. The average Bonchev–Trinajstić information content (AvgIpc) is 2.43. The lowest BCUT2D eigenvalue weighted by Gasteiger charge is -2.32. The number of aryl methyl sites for hydroxylation is 1. The van der Waals surface area contributed by atoms with Gasteiger partial charge < -0.3 is 10.2 Å². The summed E-state index contributed by atoms with van der Waals surface area (Å²) in [6.45, 7) is 8.98. The molecule has 1 aliphatic carbocycles. The van der Waals surface area contributed by atoms with Crippen LogP contribution in [0.2, 0.25) is 0 Å². The molecule has 1 N–H and O–H groups in total. The van der Waals surface area contributed by atoms with Gasteiger partial charge in [-0.25, -0.2) is 9.97 Å². The Bertz CT molecular complexity index is 470. The number of rotatable bonds is 5. The Kier molecular flexibility index (Phi) is 4.73. The van der Waals surface area contributed by atoms with Crippen molar-refractivity contribution in [3.63, 3.8) is 0 Å². The maximum absolute atomic E-state index is 4.74. The summed E-state index contributed by atoms with van der Waals surface area (Å²) in [6.07, 6.45) is 6.59. The van der Waals surface area contributed by atoms with Crippen LogP contribution in [0.1, 0.15) is 56.3 Å². The monoisotopic (exact) mass is 288 g/mol. The fraction of sp³-hybridized carbons (Fsp3) is 0.765. The fourth-order valence-corrected chi connectivity index (χ4v) is 3.43. The van der Waals surface area contributed by atoms with Gasteiger partial charge in [0.15, 0.2) is 0 Å². The van der Waals surface area contributed by atoms with E-state index in [4.69, 9.17) is 4.98 Å². The van der Waals surface area contributed by atoms with Gasteiger partial charge in [-0.05, 0) is 57.7 Å². The molecule has 1 aliphatic heterocycles. The zero-order chi connectivity index (χ0) is 14.7. The minimum atomic E-state index is 0.678. The Morgan fingerprint density at radius 2 is 2.10 bits per heavy atom. The van der Waals surface area contributed by atoms with E-state index in [9.17, 15) is 0 Å². The standard InChI is InChI=1S/C17H28N4/c1-3-21-9-5-6-14(12-21)11-18-17-19-13(2)10-16(20-17)15-7-4-8-15/h10,14-15H,3-9,11-12H2,1-2H3,(H,18,19,20). The van der Waals surface area contributed by atoms with E-state index >= 15 is 0 Å². The van der Waals surface area contributed by atoms with Gasteiger partial charge in [-0.15, -0.1) is 0 Å². The number of aromatic nitrogens is 2. The van der Waals surface area contributed by atoms with Crippen LogP contribution in [0.5, 0.6) is 0 Å². The van der Waals surface area contributed by atoms with Crippen molar-refractivity contribution in [2.75, 3.05) is 31.5 Å². The van der Waals surface area contributed by atoms with Crippen molar-refractivity contribution in [3.8, 4) is 0 Å². The van der Waals surface area contributed by atoms with E-state index in [-0.39, 0.29) is 0 Å². The van der Waals surface area contributed by atoms with Crippen molar-refractivity contribution >= 4 is 5.95 Å². The zero-order valence-corrected chi connectivity index (χ0v) is 13.4. The second-order valence-electron chi connectivity index (χ2n) is 6.67. The molecule has 4 nitrogen and oxygen atoms in total. The predicted molar refractivity (Wildman–Crippen MR) is 86.7 cm³/mol. The lowest BCUT2D eigenvalue weighted by Crippen LogP contribution is -2.38.